The Morgan fingerprint density at radius 2 is 2.05 bits per heavy atom. The number of carbonyl (C=O) groups excluding carboxylic acids is 1. The van der Waals surface area contributed by atoms with Crippen molar-refractivity contribution in [3.05, 3.63) is 0 Å². The van der Waals surface area contributed by atoms with Crippen LogP contribution in [-0.4, -0.2) is 32.4 Å². The van der Waals surface area contributed by atoms with Gasteiger partial charge in [0.25, 0.3) is 0 Å². The first kappa shape index (κ1) is 13.8. The van der Waals surface area contributed by atoms with E-state index in [-0.39, 0.29) is 28.8 Å². The van der Waals surface area contributed by atoms with Crippen LogP contribution in [0.5, 0.6) is 0 Å². The van der Waals surface area contributed by atoms with Crippen molar-refractivity contribution < 1.29 is 14.0 Å². The highest BCUT2D eigenvalue weighted by Gasteiger charge is 2.69. The van der Waals surface area contributed by atoms with E-state index < -0.39 is 8.32 Å². The van der Waals surface area contributed by atoms with Crippen molar-refractivity contribution in [2.45, 2.75) is 82.9 Å². The van der Waals surface area contributed by atoms with Crippen LogP contribution in [0, 0.1) is 5.41 Å². The molecule has 4 atom stereocenters. The second-order valence-corrected chi connectivity index (χ2v) is 12.9. The average molecular weight is 282 g/mol. The lowest BCUT2D eigenvalue weighted by atomic mass is 9.81. The standard InChI is InChI=1S/C15H26O3Si/c1-14(2,3)19(4,5)18-11-7-6-8-15(11)9-10(16)12-13(15)17-12/h11-13H,6-9H2,1-5H3/t11-,12-,13-,15+/m1/s1. The van der Waals surface area contributed by atoms with Gasteiger partial charge < -0.3 is 9.16 Å². The maximum absolute atomic E-state index is 11.9. The number of hydrogen-bond donors (Lipinski definition) is 0. The molecule has 1 spiro atoms. The highest BCUT2D eigenvalue weighted by molar-refractivity contribution is 6.74. The quantitative estimate of drug-likeness (QED) is 0.576. The predicted molar refractivity (Wildman–Crippen MR) is 76.6 cm³/mol. The third kappa shape index (κ3) is 1.95. The van der Waals surface area contributed by atoms with Crippen molar-refractivity contribution in [3.63, 3.8) is 0 Å². The summed E-state index contributed by atoms with van der Waals surface area (Å²) in [7, 11) is -1.76. The van der Waals surface area contributed by atoms with Gasteiger partial charge in [-0.3, -0.25) is 4.79 Å². The lowest BCUT2D eigenvalue weighted by molar-refractivity contribution is -0.123. The number of ether oxygens (including phenoxy) is 1. The molecular formula is C15H26O3Si. The molecule has 108 valence electrons. The van der Waals surface area contributed by atoms with Crippen molar-refractivity contribution in [2.75, 3.05) is 0 Å². The van der Waals surface area contributed by atoms with Crippen molar-refractivity contribution in [1.29, 1.82) is 0 Å². The second-order valence-electron chi connectivity index (χ2n) is 8.11. The molecule has 19 heavy (non-hydrogen) atoms. The van der Waals surface area contributed by atoms with Gasteiger partial charge in [-0.25, -0.2) is 0 Å². The van der Waals surface area contributed by atoms with Crippen LogP contribution in [0.3, 0.4) is 0 Å². The zero-order valence-corrected chi connectivity index (χ0v) is 13.8. The molecule has 2 aliphatic carbocycles. The highest BCUT2D eigenvalue weighted by Crippen LogP contribution is 2.60. The largest absolute Gasteiger partial charge is 0.413 e. The summed E-state index contributed by atoms with van der Waals surface area (Å²) in [6.45, 7) is 11.4. The maximum Gasteiger partial charge on any atom is 0.192 e. The van der Waals surface area contributed by atoms with Gasteiger partial charge >= 0.3 is 0 Å². The molecule has 4 heteroatoms. The van der Waals surface area contributed by atoms with E-state index in [0.717, 1.165) is 12.8 Å². The minimum absolute atomic E-state index is 0.0251. The number of rotatable bonds is 2. The molecule has 0 amide bonds. The Kier molecular flexibility index (Phi) is 2.84. The molecule has 2 saturated carbocycles. The van der Waals surface area contributed by atoms with Gasteiger partial charge in [0, 0.05) is 11.8 Å². The van der Waals surface area contributed by atoms with Crippen LogP contribution in [-0.2, 0) is 14.0 Å². The Morgan fingerprint density at radius 1 is 1.37 bits per heavy atom. The smallest absolute Gasteiger partial charge is 0.192 e. The topological polar surface area (TPSA) is 38.8 Å². The van der Waals surface area contributed by atoms with Gasteiger partial charge in [-0.2, -0.15) is 0 Å². The first-order valence-electron chi connectivity index (χ1n) is 7.53. The minimum Gasteiger partial charge on any atom is -0.413 e. The third-order valence-electron chi connectivity index (χ3n) is 5.87. The van der Waals surface area contributed by atoms with Crippen LogP contribution < -0.4 is 0 Å². The summed E-state index contributed by atoms with van der Waals surface area (Å²) in [4.78, 5) is 11.9. The molecule has 1 saturated heterocycles. The summed E-state index contributed by atoms with van der Waals surface area (Å²) in [5, 5.41) is 0.225. The summed E-state index contributed by atoms with van der Waals surface area (Å²) >= 11 is 0. The van der Waals surface area contributed by atoms with Crippen molar-refractivity contribution in [2.24, 2.45) is 5.41 Å². The number of Topliss-reactive ketones (excluding diaryl/α,β-unsaturated/α-hetero) is 1. The molecule has 3 rings (SSSR count). The van der Waals surface area contributed by atoms with E-state index >= 15 is 0 Å². The molecule has 3 aliphatic rings. The Labute approximate surface area is 117 Å². The van der Waals surface area contributed by atoms with Crippen LogP contribution >= 0.6 is 0 Å². The Bertz CT molecular complexity index is 412. The number of hydrogen-bond acceptors (Lipinski definition) is 3. The van der Waals surface area contributed by atoms with E-state index in [1.807, 2.05) is 0 Å². The summed E-state index contributed by atoms with van der Waals surface area (Å²) in [5.74, 6) is 0.315. The first-order chi connectivity index (χ1) is 8.67. The van der Waals surface area contributed by atoms with Gasteiger partial charge in [0.05, 0.1) is 6.10 Å². The molecule has 0 radical (unpaired) electrons. The molecule has 0 aromatic heterocycles. The lowest BCUT2D eigenvalue weighted by Crippen LogP contribution is -2.48. The summed E-state index contributed by atoms with van der Waals surface area (Å²) in [6, 6.07) is 0. The van der Waals surface area contributed by atoms with Crippen molar-refractivity contribution >= 4 is 14.1 Å². The van der Waals surface area contributed by atoms with Gasteiger partial charge in [0.15, 0.2) is 14.1 Å². The monoisotopic (exact) mass is 282 g/mol. The minimum atomic E-state index is -1.76. The molecule has 1 aliphatic heterocycles. The number of ketones is 1. The molecule has 0 aromatic rings. The van der Waals surface area contributed by atoms with E-state index in [2.05, 4.69) is 33.9 Å². The van der Waals surface area contributed by atoms with Gasteiger partial charge in [-0.05, 0) is 31.0 Å². The number of epoxide rings is 1. The molecule has 0 N–H and O–H groups in total. The SMILES string of the molecule is CC(C)(C)[Si](C)(C)O[C@@H]1CCC[C@]12CC(=O)[C@H]1O[C@H]12. The van der Waals surface area contributed by atoms with Gasteiger partial charge in [0.2, 0.25) is 0 Å². The molecule has 3 fully saturated rings. The molecular weight excluding hydrogens is 256 g/mol. The van der Waals surface area contributed by atoms with Crippen molar-refractivity contribution in [1.82, 2.24) is 0 Å². The Balaban J connectivity index is 1.80. The zero-order chi connectivity index (χ0) is 14.1. The molecule has 1 heterocycles. The fourth-order valence-electron chi connectivity index (χ4n) is 3.62. The predicted octanol–water partition coefficient (Wildman–Crippen LogP) is 3.29. The van der Waals surface area contributed by atoms with Gasteiger partial charge in [-0.1, -0.05) is 27.2 Å². The normalized spacial score (nSPS) is 41.9. The summed E-state index contributed by atoms with van der Waals surface area (Å²) < 4.78 is 12.3. The summed E-state index contributed by atoms with van der Waals surface area (Å²) in [6.07, 6.45) is 4.43. The van der Waals surface area contributed by atoms with Crippen LogP contribution in [0.25, 0.3) is 0 Å². The van der Waals surface area contributed by atoms with E-state index in [9.17, 15) is 4.79 Å². The van der Waals surface area contributed by atoms with Gasteiger partial charge in [0.1, 0.15) is 12.2 Å². The third-order valence-corrected chi connectivity index (χ3v) is 10.4. The van der Waals surface area contributed by atoms with Crippen LogP contribution in [0.4, 0.5) is 0 Å². The Morgan fingerprint density at radius 3 is 2.53 bits per heavy atom. The maximum atomic E-state index is 11.9. The summed E-state index contributed by atoms with van der Waals surface area (Å²) in [5.41, 5.74) is 0.0251. The van der Waals surface area contributed by atoms with Crippen LogP contribution in [0.15, 0.2) is 0 Å². The highest BCUT2D eigenvalue weighted by atomic mass is 28.4. The molecule has 0 bridgehead atoms. The van der Waals surface area contributed by atoms with Gasteiger partial charge in [-0.15, -0.1) is 0 Å². The van der Waals surface area contributed by atoms with E-state index in [1.165, 1.54) is 6.42 Å². The number of carbonyl (C=O) groups is 1. The second kappa shape index (κ2) is 3.92. The molecule has 0 aromatic carbocycles. The molecule has 0 unspecified atom stereocenters. The fraction of sp³-hybridized carbons (Fsp3) is 0.933. The zero-order valence-electron chi connectivity index (χ0n) is 12.8. The van der Waals surface area contributed by atoms with E-state index in [1.54, 1.807) is 0 Å². The fourth-order valence-corrected chi connectivity index (χ4v) is 5.04. The molecule has 3 nitrogen and oxygen atoms in total. The average Bonchev–Trinajstić information content (AvgIpc) is 2.91. The van der Waals surface area contributed by atoms with Crippen molar-refractivity contribution in [3.8, 4) is 0 Å². The Hall–Kier alpha value is -0.193. The van der Waals surface area contributed by atoms with Crippen LogP contribution in [0.2, 0.25) is 18.1 Å². The van der Waals surface area contributed by atoms with Crippen LogP contribution in [0.1, 0.15) is 46.5 Å². The van der Waals surface area contributed by atoms with E-state index in [4.69, 9.17) is 9.16 Å². The lowest BCUT2D eigenvalue weighted by Gasteiger charge is -2.42. The first-order valence-corrected chi connectivity index (χ1v) is 10.4. The van der Waals surface area contributed by atoms with E-state index in [0.29, 0.717) is 12.2 Å². The number of fused-ring (bicyclic) bond motifs is 2.